The topological polar surface area (TPSA) is 142 Å². The Morgan fingerprint density at radius 2 is 1.62 bits per heavy atom. The highest BCUT2D eigenvalue weighted by Gasteiger charge is 2.33. The molecule has 2 aromatic carbocycles. The van der Waals surface area contributed by atoms with Crippen LogP contribution in [0, 0.1) is 10.1 Å². The Hall–Kier alpha value is -3.06. The van der Waals surface area contributed by atoms with Crippen LogP contribution in [0.3, 0.4) is 0 Å². The third-order valence-corrected chi connectivity index (χ3v) is 7.00. The lowest BCUT2D eigenvalue weighted by atomic mass is 10.2. The molecule has 0 atom stereocenters. The molecule has 170 valence electrons. The molecule has 2 amide bonds. The van der Waals surface area contributed by atoms with Crippen molar-refractivity contribution in [2.24, 2.45) is 0 Å². The maximum atomic E-state index is 12.8. The summed E-state index contributed by atoms with van der Waals surface area (Å²) in [5, 5.41) is 11.7. The lowest BCUT2D eigenvalue weighted by molar-refractivity contribution is -0.387. The van der Waals surface area contributed by atoms with E-state index in [1.54, 1.807) is 17.0 Å². The molecule has 11 nitrogen and oxygen atoms in total. The minimum absolute atomic E-state index is 0.0553. The number of rotatable bonds is 6. The second kappa shape index (κ2) is 10.0. The first-order chi connectivity index (χ1) is 15.2. The highest BCUT2D eigenvalue weighted by molar-refractivity contribution is 7.89. The van der Waals surface area contributed by atoms with Crippen LogP contribution in [0.5, 0.6) is 0 Å². The molecule has 2 N–H and O–H groups in total. The molecular weight excluding hydrogens is 462 g/mol. The van der Waals surface area contributed by atoms with Gasteiger partial charge >= 0.3 is 0 Å². The fourth-order valence-corrected chi connectivity index (χ4v) is 4.84. The number of hydrazine groups is 1. The lowest BCUT2D eigenvalue weighted by Crippen LogP contribution is -2.52. The number of benzene rings is 2. The molecule has 1 saturated heterocycles. The summed E-state index contributed by atoms with van der Waals surface area (Å²) in [6.07, 6.45) is 0. The smallest absolute Gasteiger partial charge is 0.289 e. The molecule has 0 spiro atoms. The van der Waals surface area contributed by atoms with Gasteiger partial charge in [-0.1, -0.05) is 23.7 Å². The average Bonchev–Trinajstić information content (AvgIpc) is 2.78. The lowest BCUT2D eigenvalue weighted by Gasteiger charge is -2.33. The summed E-state index contributed by atoms with van der Waals surface area (Å²) in [4.78, 5) is 35.9. The third-order valence-electron chi connectivity index (χ3n) is 4.80. The van der Waals surface area contributed by atoms with Crippen LogP contribution in [-0.4, -0.2) is 67.1 Å². The number of piperazine rings is 1. The predicted molar refractivity (Wildman–Crippen MR) is 115 cm³/mol. The molecule has 1 aliphatic heterocycles. The van der Waals surface area contributed by atoms with Gasteiger partial charge in [-0.2, -0.15) is 4.31 Å². The number of carbonyl (C=O) groups is 2. The third kappa shape index (κ3) is 5.59. The van der Waals surface area contributed by atoms with Gasteiger partial charge in [0, 0.05) is 42.8 Å². The van der Waals surface area contributed by atoms with E-state index in [4.69, 9.17) is 11.6 Å². The maximum absolute atomic E-state index is 12.8. The Kier molecular flexibility index (Phi) is 7.40. The largest absolute Gasteiger partial charge is 0.292 e. The van der Waals surface area contributed by atoms with E-state index < -0.39 is 32.4 Å². The van der Waals surface area contributed by atoms with Gasteiger partial charge in [0.2, 0.25) is 10.0 Å². The van der Waals surface area contributed by atoms with E-state index in [9.17, 15) is 28.1 Å². The number of para-hydroxylation sites is 1. The monoisotopic (exact) mass is 481 g/mol. The summed E-state index contributed by atoms with van der Waals surface area (Å²) in [7, 11) is -4.05. The molecule has 0 aromatic heterocycles. The SMILES string of the molecule is O=C(CN1CCN(S(=O)(=O)c2ccccc2[N+](=O)[O-])CC1)NNC(=O)c1ccc(Cl)cc1. The summed E-state index contributed by atoms with van der Waals surface area (Å²) in [6.45, 7) is 0.578. The Balaban J connectivity index is 1.51. The van der Waals surface area contributed by atoms with E-state index in [0.29, 0.717) is 10.6 Å². The Labute approximate surface area is 189 Å². The van der Waals surface area contributed by atoms with Crippen molar-refractivity contribution < 1.29 is 22.9 Å². The van der Waals surface area contributed by atoms with Crippen molar-refractivity contribution in [3.05, 3.63) is 69.2 Å². The summed E-state index contributed by atoms with van der Waals surface area (Å²) >= 11 is 5.77. The van der Waals surface area contributed by atoms with Gasteiger partial charge in [-0.3, -0.25) is 35.5 Å². The van der Waals surface area contributed by atoms with Crippen LogP contribution in [-0.2, 0) is 14.8 Å². The number of nitrogens with one attached hydrogen (secondary N) is 2. The molecular formula is C19H20ClN5O6S. The van der Waals surface area contributed by atoms with Crippen LogP contribution in [0.1, 0.15) is 10.4 Å². The molecule has 3 rings (SSSR count). The van der Waals surface area contributed by atoms with E-state index in [-0.39, 0.29) is 37.6 Å². The van der Waals surface area contributed by atoms with Crippen molar-refractivity contribution in [1.29, 1.82) is 0 Å². The fraction of sp³-hybridized carbons (Fsp3) is 0.263. The molecule has 0 aliphatic carbocycles. The number of nitro groups is 1. The van der Waals surface area contributed by atoms with E-state index in [1.807, 2.05) is 0 Å². The van der Waals surface area contributed by atoms with Gasteiger partial charge in [-0.05, 0) is 30.3 Å². The zero-order valence-corrected chi connectivity index (χ0v) is 18.3. The zero-order valence-electron chi connectivity index (χ0n) is 16.7. The molecule has 13 heteroatoms. The van der Waals surface area contributed by atoms with Gasteiger partial charge < -0.3 is 0 Å². The highest BCUT2D eigenvalue weighted by Crippen LogP contribution is 2.26. The quantitative estimate of drug-likeness (QED) is 0.463. The summed E-state index contributed by atoms with van der Waals surface area (Å²) in [6, 6.07) is 11.3. The van der Waals surface area contributed by atoms with Crippen LogP contribution < -0.4 is 10.9 Å². The minimum atomic E-state index is -4.05. The van der Waals surface area contributed by atoms with Crippen LogP contribution in [0.4, 0.5) is 5.69 Å². The Morgan fingerprint density at radius 1 is 1.00 bits per heavy atom. The van der Waals surface area contributed by atoms with Crippen LogP contribution >= 0.6 is 11.6 Å². The molecule has 1 heterocycles. The second-order valence-corrected chi connectivity index (χ2v) is 9.26. The van der Waals surface area contributed by atoms with E-state index in [1.165, 1.54) is 30.3 Å². The number of nitro benzene ring substituents is 1. The van der Waals surface area contributed by atoms with Crippen molar-refractivity contribution in [1.82, 2.24) is 20.1 Å². The number of amides is 2. The average molecular weight is 482 g/mol. The van der Waals surface area contributed by atoms with Gasteiger partial charge in [0.05, 0.1) is 11.5 Å². The number of hydrogen-bond acceptors (Lipinski definition) is 7. The van der Waals surface area contributed by atoms with E-state index >= 15 is 0 Å². The standard InChI is InChI=1S/C19H20ClN5O6S/c20-15-7-5-14(6-8-15)19(27)22-21-18(26)13-23-9-11-24(12-10-23)32(30,31)17-4-2-1-3-16(17)25(28)29/h1-8H,9-13H2,(H,21,26)(H,22,27). The molecule has 2 aromatic rings. The number of nitrogens with zero attached hydrogens (tertiary/aromatic N) is 3. The molecule has 0 bridgehead atoms. The maximum Gasteiger partial charge on any atom is 0.289 e. The summed E-state index contributed by atoms with van der Waals surface area (Å²) < 4.78 is 26.8. The van der Waals surface area contributed by atoms with Crippen molar-refractivity contribution >= 4 is 39.1 Å². The van der Waals surface area contributed by atoms with Crippen LogP contribution in [0.2, 0.25) is 5.02 Å². The first-order valence-corrected chi connectivity index (χ1v) is 11.3. The van der Waals surface area contributed by atoms with Gasteiger partial charge in [0.25, 0.3) is 17.5 Å². The second-order valence-electron chi connectivity index (χ2n) is 6.91. The van der Waals surface area contributed by atoms with Gasteiger partial charge in [-0.25, -0.2) is 8.42 Å². The molecule has 1 fully saturated rings. The Bertz CT molecular complexity index is 1120. The molecule has 0 radical (unpaired) electrons. The van der Waals surface area contributed by atoms with Crippen LogP contribution in [0.15, 0.2) is 53.4 Å². The number of halogens is 1. The summed E-state index contributed by atoms with van der Waals surface area (Å²) in [5.74, 6) is -0.974. The van der Waals surface area contributed by atoms with E-state index in [2.05, 4.69) is 10.9 Å². The number of hydrogen-bond donors (Lipinski definition) is 2. The van der Waals surface area contributed by atoms with Crippen LogP contribution in [0.25, 0.3) is 0 Å². The molecule has 32 heavy (non-hydrogen) atoms. The minimum Gasteiger partial charge on any atom is -0.292 e. The summed E-state index contributed by atoms with van der Waals surface area (Å²) in [5.41, 5.74) is 4.45. The van der Waals surface area contributed by atoms with Crippen molar-refractivity contribution in [2.45, 2.75) is 4.90 Å². The predicted octanol–water partition coefficient (Wildman–Crippen LogP) is 1.02. The van der Waals surface area contributed by atoms with Gasteiger partial charge in [0.1, 0.15) is 0 Å². The van der Waals surface area contributed by atoms with E-state index in [0.717, 1.165) is 10.4 Å². The zero-order chi connectivity index (χ0) is 23.3. The van der Waals surface area contributed by atoms with Crippen molar-refractivity contribution in [2.75, 3.05) is 32.7 Å². The Morgan fingerprint density at radius 3 is 2.25 bits per heavy atom. The molecule has 1 aliphatic rings. The molecule has 0 saturated carbocycles. The van der Waals surface area contributed by atoms with Crippen molar-refractivity contribution in [3.63, 3.8) is 0 Å². The van der Waals surface area contributed by atoms with Gasteiger partial charge in [0.15, 0.2) is 4.90 Å². The number of carbonyl (C=O) groups excluding carboxylic acids is 2. The van der Waals surface area contributed by atoms with Crippen molar-refractivity contribution in [3.8, 4) is 0 Å². The molecule has 0 unspecified atom stereocenters. The highest BCUT2D eigenvalue weighted by atomic mass is 35.5. The number of sulfonamides is 1. The first kappa shape index (κ1) is 23.6. The first-order valence-electron chi connectivity index (χ1n) is 9.49. The fourth-order valence-electron chi connectivity index (χ4n) is 3.14. The van der Waals surface area contributed by atoms with Gasteiger partial charge in [-0.15, -0.1) is 0 Å². The normalized spacial score (nSPS) is 15.2.